The first-order chi connectivity index (χ1) is 10.1. The SMILES string of the molecule is CCN(Cc1ccncc1)Cc1cc(C(=O)NN)c(C)o1. The number of hydrazine groups is 1. The third-order valence-corrected chi connectivity index (χ3v) is 3.33. The van der Waals surface area contributed by atoms with Crippen molar-refractivity contribution in [3.8, 4) is 0 Å². The van der Waals surface area contributed by atoms with Gasteiger partial charge in [0.15, 0.2) is 0 Å². The first kappa shape index (κ1) is 15.2. The Morgan fingerprint density at radius 1 is 1.38 bits per heavy atom. The highest BCUT2D eigenvalue weighted by Crippen LogP contribution is 2.17. The van der Waals surface area contributed by atoms with E-state index in [9.17, 15) is 4.79 Å². The molecule has 2 aromatic rings. The summed E-state index contributed by atoms with van der Waals surface area (Å²) >= 11 is 0. The Morgan fingerprint density at radius 2 is 2.10 bits per heavy atom. The zero-order chi connectivity index (χ0) is 15.2. The molecule has 0 radical (unpaired) electrons. The van der Waals surface area contributed by atoms with Crippen LogP contribution in [0.4, 0.5) is 0 Å². The highest BCUT2D eigenvalue weighted by atomic mass is 16.3. The van der Waals surface area contributed by atoms with Crippen LogP contribution in [0.2, 0.25) is 0 Å². The van der Waals surface area contributed by atoms with Crippen LogP contribution in [0.1, 0.15) is 34.4 Å². The predicted octanol–water partition coefficient (Wildman–Crippen LogP) is 1.61. The Balaban J connectivity index is 2.07. The van der Waals surface area contributed by atoms with Crippen LogP contribution in [-0.2, 0) is 13.1 Å². The largest absolute Gasteiger partial charge is 0.464 e. The number of pyridine rings is 1. The molecule has 0 bridgehead atoms. The minimum Gasteiger partial charge on any atom is -0.464 e. The van der Waals surface area contributed by atoms with Gasteiger partial charge in [-0.2, -0.15) is 0 Å². The number of nitrogens with two attached hydrogens (primary N) is 1. The molecule has 1 amide bonds. The topological polar surface area (TPSA) is 84.4 Å². The first-order valence-corrected chi connectivity index (χ1v) is 6.85. The maximum atomic E-state index is 11.6. The van der Waals surface area contributed by atoms with E-state index in [2.05, 4.69) is 22.2 Å². The van der Waals surface area contributed by atoms with Crippen LogP contribution >= 0.6 is 0 Å². The molecule has 0 fully saturated rings. The van der Waals surface area contributed by atoms with Gasteiger partial charge in [-0.05, 0) is 37.2 Å². The number of nitrogen functional groups attached to an aromatic ring is 1. The van der Waals surface area contributed by atoms with E-state index >= 15 is 0 Å². The van der Waals surface area contributed by atoms with Gasteiger partial charge in [-0.25, -0.2) is 5.84 Å². The second-order valence-corrected chi connectivity index (χ2v) is 4.81. The fraction of sp³-hybridized carbons (Fsp3) is 0.333. The number of nitrogens with zero attached hydrogens (tertiary/aromatic N) is 2. The van der Waals surface area contributed by atoms with E-state index in [-0.39, 0.29) is 5.91 Å². The number of rotatable bonds is 6. The predicted molar refractivity (Wildman–Crippen MR) is 79.1 cm³/mol. The highest BCUT2D eigenvalue weighted by molar-refractivity contribution is 5.94. The standard InChI is InChI=1S/C15H20N4O2/c1-3-19(9-12-4-6-17-7-5-12)10-13-8-14(11(2)21-13)15(20)18-16/h4-8H,3,9-10,16H2,1-2H3,(H,18,20). The summed E-state index contributed by atoms with van der Waals surface area (Å²) in [5.41, 5.74) is 3.79. The van der Waals surface area contributed by atoms with Crippen molar-refractivity contribution in [2.75, 3.05) is 6.54 Å². The van der Waals surface area contributed by atoms with E-state index in [4.69, 9.17) is 10.3 Å². The molecule has 112 valence electrons. The van der Waals surface area contributed by atoms with Crippen molar-refractivity contribution < 1.29 is 9.21 Å². The molecule has 0 aliphatic heterocycles. The summed E-state index contributed by atoms with van der Waals surface area (Å²) in [5, 5.41) is 0. The smallest absolute Gasteiger partial charge is 0.268 e. The molecule has 0 saturated heterocycles. The van der Waals surface area contributed by atoms with Gasteiger partial charge in [0.25, 0.3) is 5.91 Å². The molecule has 0 unspecified atom stereocenters. The minimum absolute atomic E-state index is 0.334. The fourth-order valence-electron chi connectivity index (χ4n) is 2.17. The third-order valence-electron chi connectivity index (χ3n) is 3.33. The lowest BCUT2D eigenvalue weighted by Gasteiger charge is -2.18. The molecule has 0 spiro atoms. The van der Waals surface area contributed by atoms with E-state index < -0.39 is 0 Å². The van der Waals surface area contributed by atoms with Crippen molar-refractivity contribution in [1.82, 2.24) is 15.3 Å². The van der Waals surface area contributed by atoms with Gasteiger partial charge in [-0.1, -0.05) is 6.92 Å². The summed E-state index contributed by atoms with van der Waals surface area (Å²) in [5.74, 6) is 6.15. The lowest BCUT2D eigenvalue weighted by Crippen LogP contribution is -2.30. The molecule has 2 heterocycles. The lowest BCUT2D eigenvalue weighted by atomic mass is 10.2. The zero-order valence-corrected chi connectivity index (χ0v) is 12.3. The van der Waals surface area contributed by atoms with Gasteiger partial charge in [-0.3, -0.25) is 20.1 Å². The normalized spacial score (nSPS) is 10.9. The summed E-state index contributed by atoms with van der Waals surface area (Å²) in [6.45, 7) is 6.16. The molecular formula is C15H20N4O2. The van der Waals surface area contributed by atoms with Gasteiger partial charge >= 0.3 is 0 Å². The number of hydrogen-bond donors (Lipinski definition) is 2. The van der Waals surface area contributed by atoms with Crippen molar-refractivity contribution in [3.63, 3.8) is 0 Å². The van der Waals surface area contributed by atoms with Crippen molar-refractivity contribution in [3.05, 3.63) is 53.2 Å². The van der Waals surface area contributed by atoms with Gasteiger partial charge in [-0.15, -0.1) is 0 Å². The number of nitrogens with one attached hydrogen (secondary N) is 1. The molecule has 3 N–H and O–H groups in total. The van der Waals surface area contributed by atoms with Gasteiger partial charge in [0.2, 0.25) is 0 Å². The first-order valence-electron chi connectivity index (χ1n) is 6.85. The van der Waals surface area contributed by atoms with E-state index in [1.165, 1.54) is 5.56 Å². The Bertz CT molecular complexity index is 595. The van der Waals surface area contributed by atoms with Gasteiger partial charge < -0.3 is 4.42 Å². The molecule has 6 heteroatoms. The number of carbonyl (C=O) groups excluding carboxylic acids is 1. The summed E-state index contributed by atoms with van der Waals surface area (Å²) < 4.78 is 5.64. The molecule has 0 saturated carbocycles. The van der Waals surface area contributed by atoms with Gasteiger partial charge in [0.1, 0.15) is 11.5 Å². The summed E-state index contributed by atoms with van der Waals surface area (Å²) in [4.78, 5) is 17.8. The monoisotopic (exact) mass is 288 g/mol. The molecule has 0 atom stereocenters. The second-order valence-electron chi connectivity index (χ2n) is 4.81. The zero-order valence-electron chi connectivity index (χ0n) is 12.3. The molecular weight excluding hydrogens is 268 g/mol. The Labute approximate surface area is 123 Å². The number of carbonyl (C=O) groups is 1. The van der Waals surface area contributed by atoms with Crippen LogP contribution < -0.4 is 11.3 Å². The molecule has 0 aliphatic carbocycles. The van der Waals surface area contributed by atoms with Crippen LogP contribution in [0.5, 0.6) is 0 Å². The van der Waals surface area contributed by atoms with E-state index in [0.717, 1.165) is 18.8 Å². The molecule has 2 aromatic heterocycles. The Hall–Kier alpha value is -2.18. The Kier molecular flexibility index (Phi) is 5.08. The third kappa shape index (κ3) is 3.90. The summed E-state index contributed by atoms with van der Waals surface area (Å²) in [6, 6.07) is 5.72. The summed E-state index contributed by atoms with van der Waals surface area (Å²) in [7, 11) is 0. The molecule has 0 aliphatic rings. The molecule has 21 heavy (non-hydrogen) atoms. The number of furan rings is 1. The maximum absolute atomic E-state index is 11.6. The van der Waals surface area contributed by atoms with Crippen LogP contribution in [0.25, 0.3) is 0 Å². The molecule has 2 rings (SSSR count). The average Bonchev–Trinajstić information content (AvgIpc) is 2.87. The van der Waals surface area contributed by atoms with Crippen LogP contribution in [-0.4, -0.2) is 22.3 Å². The van der Waals surface area contributed by atoms with Crippen LogP contribution in [0, 0.1) is 6.92 Å². The molecule has 0 aromatic carbocycles. The van der Waals surface area contributed by atoms with Gasteiger partial charge in [0, 0.05) is 18.9 Å². The van der Waals surface area contributed by atoms with Crippen molar-refractivity contribution in [2.45, 2.75) is 26.9 Å². The van der Waals surface area contributed by atoms with Gasteiger partial charge in [0.05, 0.1) is 12.1 Å². The number of hydrogen-bond acceptors (Lipinski definition) is 5. The summed E-state index contributed by atoms with van der Waals surface area (Å²) in [6.07, 6.45) is 3.56. The Morgan fingerprint density at radius 3 is 2.71 bits per heavy atom. The quantitative estimate of drug-likeness (QED) is 0.479. The number of aromatic nitrogens is 1. The van der Waals surface area contributed by atoms with Crippen LogP contribution in [0.15, 0.2) is 35.0 Å². The maximum Gasteiger partial charge on any atom is 0.268 e. The fourth-order valence-corrected chi connectivity index (χ4v) is 2.17. The minimum atomic E-state index is -0.334. The van der Waals surface area contributed by atoms with Crippen molar-refractivity contribution in [2.24, 2.45) is 5.84 Å². The van der Waals surface area contributed by atoms with Crippen molar-refractivity contribution in [1.29, 1.82) is 0 Å². The number of aryl methyl sites for hydroxylation is 1. The lowest BCUT2D eigenvalue weighted by molar-refractivity contribution is 0.0952. The number of amides is 1. The van der Waals surface area contributed by atoms with E-state index in [1.807, 2.05) is 12.1 Å². The van der Waals surface area contributed by atoms with Crippen molar-refractivity contribution >= 4 is 5.91 Å². The molecule has 6 nitrogen and oxygen atoms in total. The highest BCUT2D eigenvalue weighted by Gasteiger charge is 2.15. The average molecular weight is 288 g/mol. The second kappa shape index (κ2) is 7.01. The van der Waals surface area contributed by atoms with E-state index in [0.29, 0.717) is 17.9 Å². The van der Waals surface area contributed by atoms with E-state index in [1.54, 1.807) is 25.4 Å². The van der Waals surface area contributed by atoms with Crippen LogP contribution in [0.3, 0.4) is 0 Å².